The zero-order chi connectivity index (χ0) is 35.5. The fourth-order valence-electron chi connectivity index (χ4n) is 4.53. The summed E-state index contributed by atoms with van der Waals surface area (Å²) in [6.07, 6.45) is 4.33. The lowest BCUT2D eigenvalue weighted by Crippen LogP contribution is -2.19. The number of nitrogens with two attached hydrogens (primary N) is 1. The highest BCUT2D eigenvalue weighted by Gasteiger charge is 2.22. The van der Waals surface area contributed by atoms with Crippen molar-refractivity contribution in [3.63, 3.8) is 0 Å². The summed E-state index contributed by atoms with van der Waals surface area (Å²) in [6.45, 7) is -0.414. The Bertz CT molecular complexity index is 2300. The molecule has 0 radical (unpaired) electrons. The predicted molar refractivity (Wildman–Crippen MR) is 164 cm³/mol. The lowest BCUT2D eigenvalue weighted by atomic mass is 10.1. The molecule has 0 aliphatic carbocycles. The van der Waals surface area contributed by atoms with Crippen LogP contribution in [0.4, 0.5) is 25.8 Å². The number of hydrogen-bond donors (Lipinski definition) is 5. The van der Waals surface area contributed by atoms with E-state index in [1.807, 2.05) is 0 Å². The zero-order valence-electron chi connectivity index (χ0n) is 25.0. The highest BCUT2D eigenvalue weighted by atomic mass is 19.1. The molecule has 2 aromatic carbocycles. The van der Waals surface area contributed by atoms with Gasteiger partial charge in [-0.15, -0.1) is 25.0 Å². The standard InChI is InChI=1S/C29H20F2N12O7/c30-16-8-14(28(46)47)20(34-26(44)19-1-2-24(37-36-19)42-5-4-33-12-42)7-13(16)3-6-50-23-11-21(15(29(48)49)9-17(23)31)35-27(45)22-10-18(32)25-38-40-41-43(25)39-22/h1-2,4-5,7-12H,3,6,32H2,(H,34,44)(H,35,45)(H,46,47)(H,48,49). The molecule has 0 aliphatic rings. The van der Waals surface area contributed by atoms with Crippen LogP contribution in [0.3, 0.4) is 0 Å². The Balaban J connectivity index is 1.18. The third-order valence-corrected chi connectivity index (χ3v) is 6.94. The number of halogens is 2. The van der Waals surface area contributed by atoms with Crippen molar-refractivity contribution in [1.82, 2.24) is 45.0 Å². The van der Waals surface area contributed by atoms with Gasteiger partial charge in [-0.1, -0.05) is 0 Å². The summed E-state index contributed by atoms with van der Waals surface area (Å²) >= 11 is 0. The van der Waals surface area contributed by atoms with Crippen LogP contribution in [0, 0.1) is 11.6 Å². The Labute approximate surface area is 276 Å². The SMILES string of the molecule is Nc1cc(C(=O)Nc2cc(OCCc3cc(NC(=O)c4ccc(-n5ccnc5)nn4)c(C(=O)O)cc3F)c(F)cc2C(=O)O)nn2nnnc12. The quantitative estimate of drug-likeness (QED) is 0.130. The number of nitrogens with one attached hydrogen (secondary N) is 2. The number of anilines is 3. The fourth-order valence-corrected chi connectivity index (χ4v) is 4.53. The number of amides is 2. The number of hydrogen-bond acceptors (Lipinski definition) is 13. The van der Waals surface area contributed by atoms with Crippen LogP contribution in [-0.2, 0) is 6.42 Å². The molecule has 0 unspecified atom stereocenters. The van der Waals surface area contributed by atoms with Crippen molar-refractivity contribution in [2.24, 2.45) is 0 Å². The number of nitrogen functional groups attached to an aromatic ring is 1. The third-order valence-electron chi connectivity index (χ3n) is 6.94. The number of carboxylic acids is 2. The van der Waals surface area contributed by atoms with E-state index in [0.717, 1.165) is 22.8 Å². The van der Waals surface area contributed by atoms with Crippen LogP contribution >= 0.6 is 0 Å². The summed E-state index contributed by atoms with van der Waals surface area (Å²) in [5.41, 5.74) is 3.49. The van der Waals surface area contributed by atoms with Crippen LogP contribution in [0.25, 0.3) is 11.5 Å². The average Bonchev–Trinajstić information content (AvgIpc) is 3.80. The maximum atomic E-state index is 15.0. The molecule has 0 atom stereocenters. The van der Waals surface area contributed by atoms with Crippen LogP contribution in [0.2, 0.25) is 0 Å². The number of benzene rings is 2. The number of tetrazole rings is 1. The van der Waals surface area contributed by atoms with Gasteiger partial charge in [-0.2, -0.15) is 0 Å². The molecule has 0 aliphatic heterocycles. The number of aromatic nitrogens is 9. The van der Waals surface area contributed by atoms with E-state index in [9.17, 15) is 38.2 Å². The van der Waals surface area contributed by atoms with Gasteiger partial charge >= 0.3 is 11.9 Å². The molecular formula is C29H20F2N12O7. The summed E-state index contributed by atoms with van der Waals surface area (Å²) in [5, 5.41) is 46.2. The minimum Gasteiger partial charge on any atom is -0.490 e. The van der Waals surface area contributed by atoms with Crippen LogP contribution in [-0.4, -0.2) is 85.6 Å². The lowest BCUT2D eigenvalue weighted by molar-refractivity contribution is 0.0686. The number of ether oxygens (including phenoxy) is 1. The van der Waals surface area contributed by atoms with E-state index < -0.39 is 58.9 Å². The lowest BCUT2D eigenvalue weighted by Gasteiger charge is -2.14. The molecule has 50 heavy (non-hydrogen) atoms. The Morgan fingerprint density at radius 2 is 1.56 bits per heavy atom. The zero-order valence-corrected chi connectivity index (χ0v) is 25.0. The molecule has 4 heterocycles. The third kappa shape index (κ3) is 6.67. The average molecular weight is 687 g/mol. The Hall–Kier alpha value is -7.45. The maximum absolute atomic E-state index is 15.0. The van der Waals surface area contributed by atoms with E-state index >= 15 is 0 Å². The van der Waals surface area contributed by atoms with E-state index in [1.165, 1.54) is 24.7 Å². The molecule has 6 rings (SSSR count). The van der Waals surface area contributed by atoms with Crippen molar-refractivity contribution >= 4 is 46.5 Å². The second kappa shape index (κ2) is 13.3. The minimum absolute atomic E-state index is 0.00276. The number of carbonyl (C=O) groups is 4. The van der Waals surface area contributed by atoms with Crippen molar-refractivity contribution in [2.75, 3.05) is 23.0 Å². The first-order valence-corrected chi connectivity index (χ1v) is 14.0. The van der Waals surface area contributed by atoms with E-state index in [0.29, 0.717) is 18.0 Å². The molecule has 19 nitrogen and oxygen atoms in total. The van der Waals surface area contributed by atoms with E-state index in [2.05, 4.69) is 46.4 Å². The van der Waals surface area contributed by atoms with Crippen molar-refractivity contribution in [2.45, 2.75) is 6.42 Å². The van der Waals surface area contributed by atoms with Gasteiger partial charge < -0.3 is 31.3 Å². The fraction of sp³-hybridized carbons (Fsp3) is 0.0690. The smallest absolute Gasteiger partial charge is 0.337 e. The number of carboxylic acid groups (broad SMARTS) is 2. The molecule has 0 bridgehead atoms. The Morgan fingerprint density at radius 3 is 2.22 bits per heavy atom. The molecule has 0 fully saturated rings. The van der Waals surface area contributed by atoms with Crippen LogP contribution in [0.15, 0.2) is 61.2 Å². The number of nitrogens with zero attached hydrogens (tertiary/aromatic N) is 9. The summed E-state index contributed by atoms with van der Waals surface area (Å²) < 4.78 is 37.8. The van der Waals surface area contributed by atoms with Crippen molar-refractivity contribution < 1.29 is 42.9 Å². The van der Waals surface area contributed by atoms with Crippen LogP contribution in [0.1, 0.15) is 47.3 Å². The normalized spacial score (nSPS) is 10.9. The summed E-state index contributed by atoms with van der Waals surface area (Å²) in [7, 11) is 0. The molecule has 2 amide bonds. The second-order valence-electron chi connectivity index (χ2n) is 10.2. The topological polar surface area (TPSA) is 268 Å². The van der Waals surface area contributed by atoms with Crippen LogP contribution < -0.4 is 21.1 Å². The maximum Gasteiger partial charge on any atom is 0.337 e. The second-order valence-corrected chi connectivity index (χ2v) is 10.2. The number of imidazole rings is 1. The molecule has 6 N–H and O–H groups in total. The van der Waals surface area contributed by atoms with E-state index in [4.69, 9.17) is 10.5 Å². The van der Waals surface area contributed by atoms with Gasteiger partial charge in [-0.3, -0.25) is 14.2 Å². The molecule has 0 saturated carbocycles. The monoisotopic (exact) mass is 686 g/mol. The number of aromatic carboxylic acids is 2. The first kappa shape index (κ1) is 32.5. The van der Waals surface area contributed by atoms with Gasteiger partial charge in [0.2, 0.25) is 5.65 Å². The molecule has 252 valence electrons. The van der Waals surface area contributed by atoms with Crippen LogP contribution in [0.5, 0.6) is 5.75 Å². The van der Waals surface area contributed by atoms with E-state index in [1.54, 1.807) is 10.8 Å². The first-order valence-electron chi connectivity index (χ1n) is 14.0. The largest absolute Gasteiger partial charge is 0.490 e. The van der Waals surface area contributed by atoms with Crippen molar-refractivity contribution in [3.05, 3.63) is 101 Å². The van der Waals surface area contributed by atoms with Crippen molar-refractivity contribution in [3.8, 4) is 11.6 Å². The molecule has 6 aromatic rings. The number of fused-ring (bicyclic) bond motifs is 1. The van der Waals surface area contributed by atoms with Gasteiger partial charge in [0.25, 0.3) is 11.8 Å². The molecule has 0 spiro atoms. The summed E-state index contributed by atoms with van der Waals surface area (Å²) in [5.74, 6) is -7.12. The van der Waals surface area contributed by atoms with Gasteiger partial charge in [0, 0.05) is 24.9 Å². The van der Waals surface area contributed by atoms with Gasteiger partial charge in [0.1, 0.15) is 12.1 Å². The first-order chi connectivity index (χ1) is 24.0. The van der Waals surface area contributed by atoms with Gasteiger partial charge in [-0.05, 0) is 52.4 Å². The molecule has 0 saturated heterocycles. The minimum atomic E-state index is -1.58. The number of carbonyl (C=O) groups excluding carboxylic acids is 2. The Morgan fingerprint density at radius 1 is 0.860 bits per heavy atom. The van der Waals surface area contributed by atoms with Gasteiger partial charge in [0.15, 0.2) is 28.8 Å². The highest BCUT2D eigenvalue weighted by molar-refractivity contribution is 6.08. The Kier molecular flexibility index (Phi) is 8.67. The molecule has 21 heteroatoms. The summed E-state index contributed by atoms with van der Waals surface area (Å²) in [6, 6.07) is 7.26. The van der Waals surface area contributed by atoms with Gasteiger partial charge in [0.05, 0.1) is 34.8 Å². The predicted octanol–water partition coefficient (Wildman–Crippen LogP) is 1.88. The van der Waals surface area contributed by atoms with Gasteiger partial charge in [-0.25, -0.2) is 23.4 Å². The molecular weight excluding hydrogens is 666 g/mol. The van der Waals surface area contributed by atoms with E-state index in [-0.39, 0.29) is 46.1 Å². The summed E-state index contributed by atoms with van der Waals surface area (Å²) in [4.78, 5) is 53.3. The van der Waals surface area contributed by atoms with Crippen molar-refractivity contribution in [1.29, 1.82) is 0 Å². The number of rotatable bonds is 11. The molecule has 4 aromatic heterocycles. The highest BCUT2D eigenvalue weighted by Crippen LogP contribution is 2.28.